The Morgan fingerprint density at radius 1 is 1.22 bits per heavy atom. The van der Waals surface area contributed by atoms with Gasteiger partial charge in [-0.1, -0.05) is 0 Å². The Labute approximate surface area is 55.5 Å². The third kappa shape index (κ3) is 2.31. The van der Waals surface area contributed by atoms with E-state index in [1.165, 1.54) is 6.92 Å². The highest BCUT2D eigenvalue weighted by atomic mass is 16.5. The SMILES string of the molecule is COC(C)=C(C)C(C)=O. The number of hydrogen-bond acceptors (Lipinski definition) is 2. The minimum absolute atomic E-state index is 0.0642. The fourth-order valence-electron chi connectivity index (χ4n) is 0.401. The maximum atomic E-state index is 10.6. The van der Waals surface area contributed by atoms with Gasteiger partial charge in [-0.2, -0.15) is 0 Å². The predicted octanol–water partition coefficient (Wildman–Crippen LogP) is 1.52. The van der Waals surface area contributed by atoms with E-state index in [-0.39, 0.29) is 5.78 Å². The Morgan fingerprint density at radius 2 is 1.67 bits per heavy atom. The predicted molar refractivity (Wildman–Crippen MR) is 36.1 cm³/mol. The van der Waals surface area contributed by atoms with Gasteiger partial charge >= 0.3 is 0 Å². The van der Waals surface area contributed by atoms with E-state index in [2.05, 4.69) is 0 Å². The maximum Gasteiger partial charge on any atom is 0.158 e. The van der Waals surface area contributed by atoms with E-state index in [1.807, 2.05) is 0 Å². The summed E-state index contributed by atoms with van der Waals surface area (Å²) in [5.41, 5.74) is 0.692. The summed E-state index contributed by atoms with van der Waals surface area (Å²) in [6.45, 7) is 5.05. The van der Waals surface area contributed by atoms with Gasteiger partial charge in [0.25, 0.3) is 0 Å². The molecule has 2 nitrogen and oxygen atoms in total. The van der Waals surface area contributed by atoms with Crippen molar-refractivity contribution < 1.29 is 9.53 Å². The van der Waals surface area contributed by atoms with Gasteiger partial charge in [0.15, 0.2) is 5.78 Å². The number of carbonyl (C=O) groups excluding carboxylic acids is 1. The Hall–Kier alpha value is -0.790. The van der Waals surface area contributed by atoms with Gasteiger partial charge in [-0.25, -0.2) is 0 Å². The van der Waals surface area contributed by atoms with Crippen LogP contribution in [0.3, 0.4) is 0 Å². The lowest BCUT2D eigenvalue weighted by atomic mass is 10.2. The van der Waals surface area contributed by atoms with Crippen LogP contribution in [0.15, 0.2) is 11.3 Å². The number of rotatable bonds is 2. The summed E-state index contributed by atoms with van der Waals surface area (Å²) >= 11 is 0. The van der Waals surface area contributed by atoms with Crippen LogP contribution in [0.4, 0.5) is 0 Å². The molecule has 0 saturated heterocycles. The molecule has 0 aromatic rings. The van der Waals surface area contributed by atoms with E-state index >= 15 is 0 Å². The van der Waals surface area contributed by atoms with Crippen molar-refractivity contribution in [3.05, 3.63) is 11.3 Å². The molecule has 0 aliphatic heterocycles. The maximum absolute atomic E-state index is 10.6. The molecule has 0 amide bonds. The van der Waals surface area contributed by atoms with Gasteiger partial charge in [-0.15, -0.1) is 0 Å². The molecule has 52 valence electrons. The molecule has 0 rings (SSSR count). The van der Waals surface area contributed by atoms with Crippen molar-refractivity contribution in [3.8, 4) is 0 Å². The van der Waals surface area contributed by atoms with Crippen LogP contribution in [0, 0.1) is 0 Å². The first-order valence-electron chi connectivity index (χ1n) is 2.82. The standard InChI is InChI=1S/C7H12O2/c1-5(6(2)8)7(3)9-4/h1-4H3. The van der Waals surface area contributed by atoms with E-state index in [0.29, 0.717) is 11.3 Å². The first-order valence-corrected chi connectivity index (χ1v) is 2.82. The zero-order chi connectivity index (χ0) is 7.44. The van der Waals surface area contributed by atoms with Crippen molar-refractivity contribution in [2.75, 3.05) is 7.11 Å². The monoisotopic (exact) mass is 128 g/mol. The summed E-state index contributed by atoms with van der Waals surface area (Å²) in [4.78, 5) is 10.6. The lowest BCUT2D eigenvalue weighted by Gasteiger charge is -2.00. The molecule has 0 aromatic heterocycles. The van der Waals surface area contributed by atoms with Crippen molar-refractivity contribution in [2.24, 2.45) is 0 Å². The minimum Gasteiger partial charge on any atom is -0.501 e. The lowest BCUT2D eigenvalue weighted by Crippen LogP contribution is -1.96. The summed E-state index contributed by atoms with van der Waals surface area (Å²) in [5, 5.41) is 0. The highest BCUT2D eigenvalue weighted by Gasteiger charge is 1.99. The van der Waals surface area contributed by atoms with E-state index < -0.39 is 0 Å². The fourth-order valence-corrected chi connectivity index (χ4v) is 0.401. The van der Waals surface area contributed by atoms with Gasteiger partial charge in [0.05, 0.1) is 12.9 Å². The lowest BCUT2D eigenvalue weighted by molar-refractivity contribution is -0.113. The molecular weight excluding hydrogens is 116 g/mol. The molecule has 0 spiro atoms. The quantitative estimate of drug-likeness (QED) is 0.416. The van der Waals surface area contributed by atoms with Gasteiger partial charge < -0.3 is 4.74 Å². The molecule has 0 bridgehead atoms. The third-order valence-electron chi connectivity index (χ3n) is 1.36. The largest absolute Gasteiger partial charge is 0.501 e. The zero-order valence-corrected chi connectivity index (χ0v) is 6.32. The summed E-state index contributed by atoms with van der Waals surface area (Å²) in [6.07, 6.45) is 0. The van der Waals surface area contributed by atoms with Crippen molar-refractivity contribution in [3.63, 3.8) is 0 Å². The Kier molecular flexibility index (Phi) is 2.99. The van der Waals surface area contributed by atoms with Crippen LogP contribution >= 0.6 is 0 Å². The topological polar surface area (TPSA) is 26.3 Å². The molecule has 0 aliphatic carbocycles. The van der Waals surface area contributed by atoms with E-state index in [9.17, 15) is 4.79 Å². The Morgan fingerprint density at radius 3 is 1.78 bits per heavy atom. The van der Waals surface area contributed by atoms with Crippen molar-refractivity contribution in [1.82, 2.24) is 0 Å². The second-order valence-corrected chi connectivity index (χ2v) is 1.94. The van der Waals surface area contributed by atoms with Crippen molar-refractivity contribution >= 4 is 5.78 Å². The van der Waals surface area contributed by atoms with Crippen LogP contribution in [0.1, 0.15) is 20.8 Å². The Balaban J connectivity index is 4.28. The summed E-state index contributed by atoms with van der Waals surface area (Å²) in [7, 11) is 1.56. The van der Waals surface area contributed by atoms with Gasteiger partial charge in [-0.05, 0) is 20.8 Å². The number of carbonyl (C=O) groups is 1. The molecule has 0 radical (unpaired) electrons. The van der Waals surface area contributed by atoms with Crippen LogP contribution in [0.25, 0.3) is 0 Å². The van der Waals surface area contributed by atoms with E-state index in [4.69, 9.17) is 4.74 Å². The second-order valence-electron chi connectivity index (χ2n) is 1.94. The number of methoxy groups -OCH3 is 1. The van der Waals surface area contributed by atoms with Crippen LogP contribution in [0.2, 0.25) is 0 Å². The molecule has 0 N–H and O–H groups in total. The zero-order valence-electron chi connectivity index (χ0n) is 6.32. The smallest absolute Gasteiger partial charge is 0.158 e. The van der Waals surface area contributed by atoms with E-state index in [1.54, 1.807) is 21.0 Å². The molecule has 0 atom stereocenters. The molecule has 0 aliphatic rings. The molecule has 0 saturated carbocycles. The molecule has 0 fully saturated rings. The van der Waals surface area contributed by atoms with Gasteiger partial charge in [0.1, 0.15) is 0 Å². The Bertz CT molecular complexity index is 145. The number of ketones is 1. The molecule has 0 unspecified atom stereocenters. The average molecular weight is 128 g/mol. The van der Waals surface area contributed by atoms with Crippen molar-refractivity contribution in [1.29, 1.82) is 0 Å². The summed E-state index contributed by atoms with van der Waals surface area (Å²) < 4.78 is 4.83. The first kappa shape index (κ1) is 8.21. The number of hydrogen-bond donors (Lipinski definition) is 0. The third-order valence-corrected chi connectivity index (χ3v) is 1.36. The van der Waals surface area contributed by atoms with Crippen LogP contribution in [-0.4, -0.2) is 12.9 Å². The molecular formula is C7H12O2. The molecule has 0 aromatic carbocycles. The van der Waals surface area contributed by atoms with Gasteiger partial charge in [0.2, 0.25) is 0 Å². The van der Waals surface area contributed by atoms with Crippen LogP contribution < -0.4 is 0 Å². The van der Waals surface area contributed by atoms with E-state index in [0.717, 1.165) is 0 Å². The van der Waals surface area contributed by atoms with Crippen LogP contribution in [-0.2, 0) is 9.53 Å². The number of allylic oxidation sites excluding steroid dienone is 2. The number of ether oxygens (including phenoxy) is 1. The number of Topliss-reactive ketones (excluding diaryl/α,β-unsaturated/α-hetero) is 1. The first-order chi connectivity index (χ1) is 4.09. The summed E-state index contributed by atoms with van der Waals surface area (Å²) in [6, 6.07) is 0. The van der Waals surface area contributed by atoms with Crippen LogP contribution in [0.5, 0.6) is 0 Å². The normalized spacial score (nSPS) is 12.4. The minimum atomic E-state index is 0.0642. The second kappa shape index (κ2) is 3.28. The van der Waals surface area contributed by atoms with Gasteiger partial charge in [-0.3, -0.25) is 4.79 Å². The highest BCUT2D eigenvalue weighted by molar-refractivity contribution is 5.92. The summed E-state index contributed by atoms with van der Waals surface area (Å²) in [5.74, 6) is 0.761. The molecule has 0 heterocycles. The highest BCUT2D eigenvalue weighted by Crippen LogP contribution is 2.03. The van der Waals surface area contributed by atoms with Crippen molar-refractivity contribution in [2.45, 2.75) is 20.8 Å². The average Bonchev–Trinajstić information content (AvgIpc) is 1.84. The van der Waals surface area contributed by atoms with Gasteiger partial charge in [0, 0.05) is 5.57 Å². The molecule has 9 heavy (non-hydrogen) atoms. The molecule has 2 heteroatoms. The fraction of sp³-hybridized carbons (Fsp3) is 0.571.